The molecule has 6 nitrogen and oxygen atoms in total. The summed E-state index contributed by atoms with van der Waals surface area (Å²) >= 11 is 9.19. The van der Waals surface area contributed by atoms with Gasteiger partial charge in [0, 0.05) is 16.4 Å². The number of carbonyl (C=O) groups excluding carboxylic acids is 1. The first-order chi connectivity index (χ1) is 13.1. The summed E-state index contributed by atoms with van der Waals surface area (Å²) in [5.74, 6) is -0.101. The Labute approximate surface area is 171 Å². The van der Waals surface area contributed by atoms with Crippen LogP contribution < -0.4 is 10.6 Å². The lowest BCUT2D eigenvalue weighted by atomic mass is 10.2. The lowest BCUT2D eigenvalue weighted by Gasteiger charge is -2.14. The van der Waals surface area contributed by atoms with Crippen molar-refractivity contribution >= 4 is 44.8 Å². The third kappa shape index (κ3) is 4.62. The van der Waals surface area contributed by atoms with E-state index in [9.17, 15) is 18.0 Å². The van der Waals surface area contributed by atoms with Gasteiger partial charge in [-0.3, -0.25) is 14.5 Å². The first-order valence-corrected chi connectivity index (χ1v) is 9.22. The molecule has 0 aliphatic rings. The lowest BCUT2D eigenvalue weighted by molar-refractivity contribution is -0.137. The van der Waals surface area contributed by atoms with E-state index in [1.54, 1.807) is 31.2 Å². The molecule has 0 aliphatic carbocycles. The first kappa shape index (κ1) is 20.6. The topological polar surface area (TPSA) is 71.3 Å². The number of benzene rings is 1. The number of anilines is 1. The van der Waals surface area contributed by atoms with Gasteiger partial charge in [0.2, 0.25) is 5.91 Å². The molecule has 0 saturated heterocycles. The number of hydrogen-bond donors (Lipinski definition) is 2. The molecular formula is C17H14BrClF3N5O. The van der Waals surface area contributed by atoms with Crippen LogP contribution in [0.15, 0.2) is 41.0 Å². The average molecular weight is 477 g/mol. The molecular weight excluding hydrogens is 463 g/mol. The van der Waals surface area contributed by atoms with Crippen LogP contribution in [0, 0.1) is 0 Å². The zero-order valence-corrected chi connectivity index (χ0v) is 16.7. The molecule has 3 rings (SSSR count). The molecule has 1 aromatic carbocycles. The van der Waals surface area contributed by atoms with Gasteiger partial charge in [0.15, 0.2) is 11.5 Å². The third-order valence-electron chi connectivity index (χ3n) is 3.93. The van der Waals surface area contributed by atoms with Crippen LogP contribution in [-0.4, -0.2) is 26.5 Å². The summed E-state index contributed by atoms with van der Waals surface area (Å²) in [6.45, 7) is 1.65. The smallest absolute Gasteiger partial charge is 0.325 e. The summed E-state index contributed by atoms with van der Waals surface area (Å²) < 4.78 is 41.0. The van der Waals surface area contributed by atoms with E-state index in [0.29, 0.717) is 5.69 Å². The molecule has 1 unspecified atom stereocenters. The highest BCUT2D eigenvalue weighted by atomic mass is 79.9. The van der Waals surface area contributed by atoms with Crippen LogP contribution in [0.25, 0.3) is 5.65 Å². The number of nitrogens with one attached hydrogen (secondary N) is 2. The summed E-state index contributed by atoms with van der Waals surface area (Å²) in [7, 11) is 0. The molecule has 0 fully saturated rings. The number of nitrogens with zero attached hydrogens (tertiary/aromatic N) is 3. The summed E-state index contributed by atoms with van der Waals surface area (Å²) in [4.78, 5) is 12.3. The average Bonchev–Trinajstić information content (AvgIpc) is 3.04. The zero-order chi connectivity index (χ0) is 20.5. The number of aromatic nitrogens is 3. The molecule has 0 spiro atoms. The molecule has 2 N–H and O–H groups in total. The second-order valence-electron chi connectivity index (χ2n) is 5.98. The minimum absolute atomic E-state index is 0.0216. The van der Waals surface area contributed by atoms with E-state index in [1.165, 1.54) is 0 Å². The fourth-order valence-corrected chi connectivity index (χ4v) is 2.91. The Bertz CT molecular complexity index is 1010. The molecule has 2 heterocycles. The number of amides is 1. The number of fused-ring (bicyclic) bond motifs is 1. The molecule has 11 heteroatoms. The molecule has 0 bridgehead atoms. The number of halogens is 5. The number of pyridine rings is 1. The van der Waals surface area contributed by atoms with Crippen molar-refractivity contribution in [3.05, 3.63) is 57.4 Å². The van der Waals surface area contributed by atoms with Crippen LogP contribution in [0.3, 0.4) is 0 Å². The Kier molecular flexibility index (Phi) is 5.92. The highest BCUT2D eigenvalue weighted by Gasteiger charge is 2.32. The first-order valence-electron chi connectivity index (χ1n) is 8.05. The van der Waals surface area contributed by atoms with Gasteiger partial charge in [-0.15, -0.1) is 10.2 Å². The van der Waals surface area contributed by atoms with Crippen molar-refractivity contribution in [1.29, 1.82) is 0 Å². The second kappa shape index (κ2) is 8.06. The van der Waals surface area contributed by atoms with Crippen molar-refractivity contribution < 1.29 is 18.0 Å². The van der Waals surface area contributed by atoms with Gasteiger partial charge in [0.25, 0.3) is 0 Å². The minimum atomic E-state index is -4.55. The van der Waals surface area contributed by atoms with Crippen LogP contribution in [0.5, 0.6) is 0 Å². The van der Waals surface area contributed by atoms with E-state index in [2.05, 4.69) is 36.8 Å². The van der Waals surface area contributed by atoms with Crippen molar-refractivity contribution in [2.24, 2.45) is 0 Å². The highest BCUT2D eigenvalue weighted by molar-refractivity contribution is 9.10. The molecule has 2 aromatic heterocycles. The van der Waals surface area contributed by atoms with E-state index in [1.807, 2.05) is 0 Å². The Balaban J connectivity index is 1.71. The van der Waals surface area contributed by atoms with Crippen molar-refractivity contribution in [2.45, 2.75) is 25.7 Å². The standard InChI is InChI=1S/C17H14BrClF3N5O/c1-9(16(28)24-12-4-2-11(18)3-5-12)23-7-14-25-26-15-13(19)6-10(8-27(14)15)17(20,21)22/h2-6,8-9,23H,7H2,1H3,(H,24,28). The number of hydrogen-bond acceptors (Lipinski definition) is 4. The summed E-state index contributed by atoms with van der Waals surface area (Å²) in [6.07, 6.45) is -3.67. The number of alkyl halides is 3. The molecule has 1 atom stereocenters. The van der Waals surface area contributed by atoms with Gasteiger partial charge in [-0.05, 0) is 37.3 Å². The third-order valence-corrected chi connectivity index (χ3v) is 4.74. The van der Waals surface area contributed by atoms with E-state index in [4.69, 9.17) is 11.6 Å². The van der Waals surface area contributed by atoms with Crippen LogP contribution in [0.2, 0.25) is 5.02 Å². The highest BCUT2D eigenvalue weighted by Crippen LogP contribution is 2.32. The Morgan fingerprint density at radius 1 is 1.29 bits per heavy atom. The maximum Gasteiger partial charge on any atom is 0.417 e. The Morgan fingerprint density at radius 2 is 1.96 bits per heavy atom. The molecule has 3 aromatic rings. The maximum atomic E-state index is 13.0. The fourth-order valence-electron chi connectivity index (χ4n) is 2.40. The molecule has 148 valence electrons. The molecule has 28 heavy (non-hydrogen) atoms. The van der Waals surface area contributed by atoms with Gasteiger partial charge in [0.1, 0.15) is 0 Å². The van der Waals surface area contributed by atoms with Gasteiger partial charge in [0.05, 0.1) is 23.2 Å². The summed E-state index contributed by atoms with van der Waals surface area (Å²) in [6, 6.07) is 7.23. The number of carbonyl (C=O) groups is 1. The van der Waals surface area contributed by atoms with Crippen LogP contribution >= 0.6 is 27.5 Å². The van der Waals surface area contributed by atoms with Crippen molar-refractivity contribution in [1.82, 2.24) is 19.9 Å². The minimum Gasteiger partial charge on any atom is -0.325 e. The van der Waals surface area contributed by atoms with Crippen molar-refractivity contribution in [3.8, 4) is 0 Å². The zero-order valence-electron chi connectivity index (χ0n) is 14.4. The molecule has 0 saturated carbocycles. The SMILES string of the molecule is CC(NCc1nnc2c(Cl)cc(C(F)(F)F)cn12)C(=O)Nc1ccc(Br)cc1. The van der Waals surface area contributed by atoms with E-state index < -0.39 is 17.8 Å². The van der Waals surface area contributed by atoms with Crippen LogP contribution in [0.1, 0.15) is 18.3 Å². The van der Waals surface area contributed by atoms with Gasteiger partial charge in [-0.25, -0.2) is 0 Å². The molecule has 0 aliphatic heterocycles. The summed E-state index contributed by atoms with van der Waals surface area (Å²) in [5, 5.41) is 13.2. The number of rotatable bonds is 5. The van der Waals surface area contributed by atoms with E-state index >= 15 is 0 Å². The van der Waals surface area contributed by atoms with Gasteiger partial charge >= 0.3 is 6.18 Å². The monoisotopic (exact) mass is 475 g/mol. The van der Waals surface area contributed by atoms with E-state index in [0.717, 1.165) is 21.1 Å². The largest absolute Gasteiger partial charge is 0.417 e. The van der Waals surface area contributed by atoms with Crippen LogP contribution in [0.4, 0.5) is 18.9 Å². The Morgan fingerprint density at radius 3 is 2.61 bits per heavy atom. The lowest BCUT2D eigenvalue weighted by Crippen LogP contribution is -2.38. The quantitative estimate of drug-likeness (QED) is 0.577. The summed E-state index contributed by atoms with van der Waals surface area (Å²) in [5.41, 5.74) is -0.179. The fraction of sp³-hybridized carbons (Fsp3) is 0.235. The maximum absolute atomic E-state index is 13.0. The van der Waals surface area contributed by atoms with Gasteiger partial charge in [-0.1, -0.05) is 27.5 Å². The molecule has 0 radical (unpaired) electrons. The van der Waals surface area contributed by atoms with E-state index in [-0.39, 0.29) is 28.9 Å². The van der Waals surface area contributed by atoms with Gasteiger partial charge in [-0.2, -0.15) is 13.2 Å². The second-order valence-corrected chi connectivity index (χ2v) is 7.31. The predicted octanol–water partition coefficient (Wildman–Crippen LogP) is 4.28. The van der Waals surface area contributed by atoms with Crippen molar-refractivity contribution in [2.75, 3.05) is 5.32 Å². The van der Waals surface area contributed by atoms with Crippen molar-refractivity contribution in [3.63, 3.8) is 0 Å². The predicted molar refractivity (Wildman–Crippen MR) is 102 cm³/mol. The Hall–Kier alpha value is -2.17. The normalized spacial score (nSPS) is 12.9. The molecule has 1 amide bonds. The van der Waals surface area contributed by atoms with Crippen LogP contribution in [-0.2, 0) is 17.5 Å². The van der Waals surface area contributed by atoms with Gasteiger partial charge < -0.3 is 5.32 Å².